The van der Waals surface area contributed by atoms with Gasteiger partial charge in [-0.1, -0.05) is 62.7 Å². The molecule has 0 aliphatic heterocycles. The largest absolute Gasteiger partial charge is 0.495 e. The van der Waals surface area contributed by atoms with Crippen LogP contribution in [0.2, 0.25) is 0 Å². The summed E-state index contributed by atoms with van der Waals surface area (Å²) in [4.78, 5) is 24.7. The summed E-state index contributed by atoms with van der Waals surface area (Å²) in [5, 5.41) is 2.70. The number of hydrogen-bond acceptors (Lipinski definition) is 4. The van der Waals surface area contributed by atoms with Crippen LogP contribution in [-0.4, -0.2) is 25.6 Å². The second-order valence-electron chi connectivity index (χ2n) is 6.13. The molecule has 5 nitrogen and oxygen atoms in total. The first-order chi connectivity index (χ1) is 12.6. The fourth-order valence-corrected chi connectivity index (χ4v) is 2.75. The van der Waals surface area contributed by atoms with Crippen LogP contribution in [0.4, 0.5) is 5.69 Å². The molecule has 0 aromatic heterocycles. The van der Waals surface area contributed by atoms with Gasteiger partial charge in [0, 0.05) is 0 Å². The van der Waals surface area contributed by atoms with Crippen LogP contribution in [0, 0.1) is 5.92 Å². The van der Waals surface area contributed by atoms with Crippen molar-refractivity contribution in [3.63, 3.8) is 0 Å². The summed E-state index contributed by atoms with van der Waals surface area (Å²) >= 11 is 0. The molecule has 1 N–H and O–H groups in total. The Balaban J connectivity index is 2.00. The zero-order chi connectivity index (χ0) is 18.9. The molecule has 2 atom stereocenters. The number of hydrogen-bond donors (Lipinski definition) is 1. The first kappa shape index (κ1) is 19.5. The number of ether oxygens (including phenoxy) is 2. The average molecular weight is 355 g/mol. The van der Waals surface area contributed by atoms with Crippen LogP contribution in [0.3, 0.4) is 0 Å². The van der Waals surface area contributed by atoms with Gasteiger partial charge in [-0.15, -0.1) is 0 Å². The van der Waals surface area contributed by atoms with Crippen molar-refractivity contribution in [2.75, 3.05) is 19.0 Å². The SMILES string of the molecule is CC[C@@H](C)[C@H](C(=O)OCC(=O)Nc1ccccc1OC)c1ccccc1. The molecule has 2 aromatic carbocycles. The summed E-state index contributed by atoms with van der Waals surface area (Å²) in [7, 11) is 1.53. The molecule has 2 rings (SSSR count). The number of anilines is 1. The Labute approximate surface area is 154 Å². The van der Waals surface area contributed by atoms with Crippen molar-refractivity contribution in [1.29, 1.82) is 0 Å². The molecular weight excluding hydrogens is 330 g/mol. The summed E-state index contributed by atoms with van der Waals surface area (Å²) in [5.41, 5.74) is 1.44. The minimum atomic E-state index is -0.404. The molecule has 1 amide bonds. The van der Waals surface area contributed by atoms with E-state index in [1.54, 1.807) is 18.2 Å². The summed E-state index contributed by atoms with van der Waals surface area (Å²) in [5.74, 6) is -0.518. The number of methoxy groups -OCH3 is 1. The molecule has 26 heavy (non-hydrogen) atoms. The third-order valence-electron chi connectivity index (χ3n) is 4.35. The van der Waals surface area contributed by atoms with Crippen molar-refractivity contribution in [3.05, 3.63) is 60.2 Å². The number of nitrogens with one attached hydrogen (secondary N) is 1. The van der Waals surface area contributed by atoms with Crippen LogP contribution < -0.4 is 10.1 Å². The van der Waals surface area contributed by atoms with Gasteiger partial charge in [-0.2, -0.15) is 0 Å². The van der Waals surface area contributed by atoms with Crippen molar-refractivity contribution in [3.8, 4) is 5.75 Å². The molecule has 0 fully saturated rings. The topological polar surface area (TPSA) is 64.6 Å². The van der Waals surface area contributed by atoms with E-state index in [9.17, 15) is 9.59 Å². The second kappa shape index (κ2) is 9.61. The van der Waals surface area contributed by atoms with Crippen molar-refractivity contribution < 1.29 is 19.1 Å². The fraction of sp³-hybridized carbons (Fsp3) is 0.333. The van der Waals surface area contributed by atoms with Crippen LogP contribution in [-0.2, 0) is 14.3 Å². The van der Waals surface area contributed by atoms with Gasteiger partial charge in [0.05, 0.1) is 18.7 Å². The second-order valence-corrected chi connectivity index (χ2v) is 6.13. The Morgan fingerprint density at radius 2 is 1.69 bits per heavy atom. The van der Waals surface area contributed by atoms with Gasteiger partial charge >= 0.3 is 5.97 Å². The van der Waals surface area contributed by atoms with Gasteiger partial charge in [-0.3, -0.25) is 9.59 Å². The Morgan fingerprint density at radius 1 is 1.04 bits per heavy atom. The zero-order valence-electron chi connectivity index (χ0n) is 15.4. The van der Waals surface area contributed by atoms with E-state index in [-0.39, 0.29) is 24.4 Å². The Kier molecular flexibility index (Phi) is 7.21. The van der Waals surface area contributed by atoms with E-state index in [1.165, 1.54) is 7.11 Å². The molecule has 0 aliphatic rings. The highest BCUT2D eigenvalue weighted by molar-refractivity contribution is 5.94. The van der Waals surface area contributed by atoms with Crippen molar-refractivity contribution >= 4 is 17.6 Å². The molecule has 5 heteroatoms. The molecule has 0 saturated carbocycles. The molecule has 0 aliphatic carbocycles. The standard InChI is InChI=1S/C21H25NO4/c1-4-15(2)20(16-10-6-5-7-11-16)21(24)26-14-19(23)22-17-12-8-9-13-18(17)25-3/h5-13,15,20H,4,14H2,1-3H3,(H,22,23)/t15-,20+/m1/s1. The lowest BCUT2D eigenvalue weighted by Crippen LogP contribution is -2.27. The predicted molar refractivity (Wildman–Crippen MR) is 101 cm³/mol. The van der Waals surface area contributed by atoms with E-state index in [1.807, 2.05) is 50.2 Å². The molecule has 0 unspecified atom stereocenters. The molecule has 0 bridgehead atoms. The Bertz CT molecular complexity index is 730. The minimum Gasteiger partial charge on any atom is -0.495 e. The van der Waals surface area contributed by atoms with Crippen molar-refractivity contribution in [1.82, 2.24) is 0 Å². The Hall–Kier alpha value is -2.82. The van der Waals surface area contributed by atoms with Gasteiger partial charge in [0.15, 0.2) is 6.61 Å². The van der Waals surface area contributed by atoms with Gasteiger partial charge < -0.3 is 14.8 Å². The van der Waals surface area contributed by atoms with E-state index in [0.717, 1.165) is 12.0 Å². The van der Waals surface area contributed by atoms with Crippen LogP contribution in [0.5, 0.6) is 5.75 Å². The molecule has 138 valence electrons. The smallest absolute Gasteiger partial charge is 0.314 e. The highest BCUT2D eigenvalue weighted by Gasteiger charge is 2.27. The molecule has 0 heterocycles. The number of para-hydroxylation sites is 2. The van der Waals surface area contributed by atoms with Crippen LogP contribution >= 0.6 is 0 Å². The maximum absolute atomic E-state index is 12.6. The summed E-state index contributed by atoms with van der Waals surface area (Å²) in [6, 6.07) is 16.6. The van der Waals surface area contributed by atoms with Gasteiger partial charge in [-0.05, 0) is 23.6 Å². The molecule has 0 saturated heterocycles. The molecule has 2 aromatic rings. The highest BCUT2D eigenvalue weighted by atomic mass is 16.5. The number of carbonyl (C=O) groups is 2. The van der Waals surface area contributed by atoms with E-state index >= 15 is 0 Å². The van der Waals surface area contributed by atoms with Crippen molar-refractivity contribution in [2.24, 2.45) is 5.92 Å². The minimum absolute atomic E-state index is 0.113. The quantitative estimate of drug-likeness (QED) is 0.727. The first-order valence-electron chi connectivity index (χ1n) is 8.71. The summed E-state index contributed by atoms with van der Waals surface area (Å²) in [6.45, 7) is 3.70. The van der Waals surface area contributed by atoms with Gasteiger partial charge in [-0.25, -0.2) is 0 Å². The lowest BCUT2D eigenvalue weighted by molar-refractivity contribution is -0.150. The fourth-order valence-electron chi connectivity index (χ4n) is 2.75. The number of benzene rings is 2. The predicted octanol–water partition coefficient (Wildman–Crippen LogP) is 4.01. The summed E-state index contributed by atoms with van der Waals surface area (Å²) < 4.78 is 10.5. The van der Waals surface area contributed by atoms with Gasteiger partial charge in [0.2, 0.25) is 0 Å². The van der Waals surface area contributed by atoms with Crippen LogP contribution in [0.25, 0.3) is 0 Å². The number of amides is 1. The Morgan fingerprint density at radius 3 is 2.35 bits per heavy atom. The molecular formula is C21H25NO4. The lowest BCUT2D eigenvalue weighted by Gasteiger charge is -2.21. The average Bonchev–Trinajstić information content (AvgIpc) is 2.67. The molecule has 0 radical (unpaired) electrons. The van der Waals surface area contributed by atoms with Gasteiger partial charge in [0.1, 0.15) is 5.75 Å². The zero-order valence-corrected chi connectivity index (χ0v) is 15.4. The van der Waals surface area contributed by atoms with Crippen LogP contribution in [0.15, 0.2) is 54.6 Å². The third-order valence-corrected chi connectivity index (χ3v) is 4.35. The monoisotopic (exact) mass is 355 g/mol. The normalized spacial score (nSPS) is 12.7. The lowest BCUT2D eigenvalue weighted by atomic mass is 9.86. The summed E-state index contributed by atoms with van der Waals surface area (Å²) in [6.07, 6.45) is 0.835. The highest BCUT2D eigenvalue weighted by Crippen LogP contribution is 2.28. The van der Waals surface area contributed by atoms with Gasteiger partial charge in [0.25, 0.3) is 5.91 Å². The van der Waals surface area contributed by atoms with E-state index < -0.39 is 5.91 Å². The van der Waals surface area contributed by atoms with Crippen LogP contribution in [0.1, 0.15) is 31.7 Å². The first-order valence-corrected chi connectivity index (χ1v) is 8.71. The van der Waals surface area contributed by atoms with Crippen molar-refractivity contribution in [2.45, 2.75) is 26.2 Å². The maximum atomic E-state index is 12.6. The third kappa shape index (κ3) is 5.09. The molecule has 0 spiro atoms. The maximum Gasteiger partial charge on any atom is 0.314 e. The number of carbonyl (C=O) groups excluding carboxylic acids is 2. The number of esters is 1. The van der Waals surface area contributed by atoms with E-state index in [2.05, 4.69) is 5.32 Å². The van der Waals surface area contributed by atoms with E-state index in [0.29, 0.717) is 11.4 Å². The number of rotatable bonds is 8. The van der Waals surface area contributed by atoms with E-state index in [4.69, 9.17) is 9.47 Å².